The smallest absolute Gasteiger partial charge is 0.223 e. The number of aliphatic hydroxyl groups is 1. The molecule has 2 bridgehead atoms. The Morgan fingerprint density at radius 2 is 1.87 bits per heavy atom. The summed E-state index contributed by atoms with van der Waals surface area (Å²) in [4.78, 5) is 15.3. The molecule has 5 heteroatoms. The number of rotatable bonds is 6. The number of carbonyl (C=O) groups excluding carboxylic acids is 1. The van der Waals surface area contributed by atoms with Crippen molar-refractivity contribution in [1.82, 2.24) is 10.2 Å². The molecule has 1 aliphatic carbocycles. The Balaban J connectivity index is 1.47. The van der Waals surface area contributed by atoms with Crippen LogP contribution in [0.3, 0.4) is 0 Å². The van der Waals surface area contributed by atoms with Crippen molar-refractivity contribution < 1.29 is 14.6 Å². The molecule has 2 aliphatic heterocycles. The van der Waals surface area contributed by atoms with E-state index in [0.717, 1.165) is 44.4 Å². The lowest BCUT2D eigenvalue weighted by Gasteiger charge is -2.58. The fourth-order valence-electron chi connectivity index (χ4n) is 6.29. The van der Waals surface area contributed by atoms with Gasteiger partial charge in [0.25, 0.3) is 0 Å². The standard InChI is InChI=1S/C26H32N2O3/c1-31-20-9-7-18(8-10-20)15-22-25(27-17-19-5-3-2-4-6-19)21-16-26(13-11-23(21)29)14-12-24(30)28(22)26/h2-10,21-23,25,27,29H,11-17H2,1H3. The highest BCUT2D eigenvalue weighted by atomic mass is 16.5. The lowest BCUT2D eigenvalue weighted by atomic mass is 9.64. The first kappa shape index (κ1) is 20.5. The number of aliphatic hydroxyl groups excluding tert-OH is 1. The molecule has 1 spiro atoms. The van der Waals surface area contributed by atoms with Crippen LogP contribution in [0.5, 0.6) is 5.75 Å². The number of hydrogen-bond acceptors (Lipinski definition) is 4. The summed E-state index contributed by atoms with van der Waals surface area (Å²) >= 11 is 0. The third-order valence-corrected chi connectivity index (χ3v) is 7.80. The number of nitrogens with zero attached hydrogens (tertiary/aromatic N) is 1. The summed E-state index contributed by atoms with van der Waals surface area (Å²) in [6.07, 6.45) is 4.65. The third-order valence-electron chi connectivity index (χ3n) is 7.80. The van der Waals surface area contributed by atoms with E-state index in [9.17, 15) is 9.90 Å². The molecule has 2 aromatic rings. The van der Waals surface area contributed by atoms with Gasteiger partial charge in [0.2, 0.25) is 5.91 Å². The van der Waals surface area contributed by atoms with E-state index in [1.54, 1.807) is 7.11 Å². The molecule has 2 heterocycles. The number of methoxy groups -OCH3 is 1. The first-order valence-corrected chi connectivity index (χ1v) is 11.5. The van der Waals surface area contributed by atoms with Crippen molar-refractivity contribution in [3.8, 4) is 5.75 Å². The topological polar surface area (TPSA) is 61.8 Å². The van der Waals surface area contributed by atoms with E-state index in [2.05, 4.69) is 46.6 Å². The molecule has 0 radical (unpaired) electrons. The molecule has 1 saturated carbocycles. The van der Waals surface area contributed by atoms with Crippen molar-refractivity contribution in [2.75, 3.05) is 7.11 Å². The first-order valence-electron chi connectivity index (χ1n) is 11.5. The number of carbonyl (C=O) groups is 1. The highest BCUT2D eigenvalue weighted by molar-refractivity contribution is 5.80. The van der Waals surface area contributed by atoms with Crippen LogP contribution in [0.2, 0.25) is 0 Å². The number of piperidine rings is 1. The van der Waals surface area contributed by atoms with Crippen molar-refractivity contribution in [2.24, 2.45) is 5.92 Å². The minimum absolute atomic E-state index is 0.0424. The monoisotopic (exact) mass is 420 g/mol. The normalized spacial score (nSPS) is 32.1. The van der Waals surface area contributed by atoms with Crippen molar-refractivity contribution in [3.05, 3.63) is 65.7 Å². The highest BCUT2D eigenvalue weighted by Crippen LogP contribution is 2.51. The van der Waals surface area contributed by atoms with Gasteiger partial charge in [-0.15, -0.1) is 0 Å². The predicted octanol–water partition coefficient (Wildman–Crippen LogP) is 3.30. The molecule has 5 nitrogen and oxygen atoms in total. The van der Waals surface area contributed by atoms with Crippen molar-refractivity contribution >= 4 is 5.91 Å². The van der Waals surface area contributed by atoms with Crippen molar-refractivity contribution in [1.29, 1.82) is 0 Å². The van der Waals surface area contributed by atoms with E-state index in [1.165, 1.54) is 11.1 Å². The molecular formula is C26H32N2O3. The molecule has 31 heavy (non-hydrogen) atoms. The summed E-state index contributed by atoms with van der Waals surface area (Å²) < 4.78 is 5.32. The summed E-state index contributed by atoms with van der Waals surface area (Å²) in [5, 5.41) is 14.7. The van der Waals surface area contributed by atoms with E-state index in [0.29, 0.717) is 6.42 Å². The lowest BCUT2D eigenvalue weighted by molar-refractivity contribution is -0.149. The SMILES string of the molecule is COc1ccc(CC2C(NCc3ccccc3)C3CC4(CCC(=O)N24)CCC3O)cc1. The lowest BCUT2D eigenvalue weighted by Crippen LogP contribution is -2.70. The van der Waals surface area contributed by atoms with Crippen LogP contribution < -0.4 is 10.1 Å². The average Bonchev–Trinajstić information content (AvgIpc) is 3.13. The average molecular weight is 421 g/mol. The van der Waals surface area contributed by atoms with E-state index >= 15 is 0 Å². The summed E-state index contributed by atoms with van der Waals surface area (Å²) in [5.41, 5.74) is 2.35. The van der Waals surface area contributed by atoms with Gasteiger partial charge in [-0.1, -0.05) is 42.5 Å². The third kappa shape index (κ3) is 3.74. The van der Waals surface area contributed by atoms with E-state index in [-0.39, 0.29) is 35.6 Å². The van der Waals surface area contributed by atoms with E-state index in [4.69, 9.17) is 4.74 Å². The Morgan fingerprint density at radius 3 is 2.61 bits per heavy atom. The van der Waals surface area contributed by atoms with Crippen LogP contribution in [-0.2, 0) is 17.8 Å². The summed E-state index contributed by atoms with van der Waals surface area (Å²) in [5.74, 6) is 1.29. The van der Waals surface area contributed by atoms with E-state index in [1.807, 2.05) is 18.2 Å². The van der Waals surface area contributed by atoms with Crippen molar-refractivity contribution in [2.45, 2.75) is 68.8 Å². The maximum absolute atomic E-state index is 13.1. The van der Waals surface area contributed by atoms with Crippen LogP contribution >= 0.6 is 0 Å². The van der Waals surface area contributed by atoms with Gasteiger partial charge in [0.1, 0.15) is 5.75 Å². The van der Waals surface area contributed by atoms with Gasteiger partial charge in [-0.25, -0.2) is 0 Å². The number of fused-ring (bicyclic) bond motifs is 1. The fraction of sp³-hybridized carbons (Fsp3) is 0.500. The van der Waals surface area contributed by atoms with Crippen LogP contribution in [-0.4, -0.2) is 46.7 Å². The van der Waals surface area contributed by atoms with Gasteiger partial charge in [-0.05, 0) is 55.4 Å². The van der Waals surface area contributed by atoms with Gasteiger partial charge < -0.3 is 20.1 Å². The highest BCUT2D eigenvalue weighted by Gasteiger charge is 2.59. The minimum atomic E-state index is -0.310. The van der Waals surface area contributed by atoms with Gasteiger partial charge in [-0.2, -0.15) is 0 Å². The van der Waals surface area contributed by atoms with Crippen LogP contribution in [0.1, 0.15) is 43.2 Å². The number of hydrogen-bond donors (Lipinski definition) is 2. The number of ether oxygens (including phenoxy) is 1. The maximum Gasteiger partial charge on any atom is 0.223 e. The fourth-order valence-corrected chi connectivity index (χ4v) is 6.29. The number of benzene rings is 2. The second-order valence-corrected chi connectivity index (χ2v) is 9.47. The Kier molecular flexibility index (Phi) is 5.49. The second-order valence-electron chi connectivity index (χ2n) is 9.47. The number of nitrogens with one attached hydrogen (secondary N) is 1. The summed E-state index contributed by atoms with van der Waals surface area (Å²) in [6, 6.07) is 18.7. The van der Waals surface area contributed by atoms with Gasteiger partial charge >= 0.3 is 0 Å². The van der Waals surface area contributed by atoms with Gasteiger partial charge in [-0.3, -0.25) is 4.79 Å². The quantitative estimate of drug-likeness (QED) is 0.753. The molecule has 5 rings (SSSR count). The molecule has 2 saturated heterocycles. The second kappa shape index (κ2) is 8.29. The summed E-state index contributed by atoms with van der Waals surface area (Å²) in [6.45, 7) is 0.739. The largest absolute Gasteiger partial charge is 0.497 e. The van der Waals surface area contributed by atoms with Gasteiger partial charge in [0.05, 0.1) is 19.3 Å². The van der Waals surface area contributed by atoms with Crippen LogP contribution in [0.4, 0.5) is 0 Å². The van der Waals surface area contributed by atoms with Crippen LogP contribution in [0.25, 0.3) is 0 Å². The Bertz CT molecular complexity index is 916. The molecule has 2 aromatic carbocycles. The van der Waals surface area contributed by atoms with E-state index < -0.39 is 0 Å². The predicted molar refractivity (Wildman–Crippen MR) is 120 cm³/mol. The molecule has 0 aromatic heterocycles. The Hall–Kier alpha value is -2.37. The van der Waals surface area contributed by atoms with Crippen LogP contribution in [0, 0.1) is 5.92 Å². The zero-order valence-electron chi connectivity index (χ0n) is 18.2. The Morgan fingerprint density at radius 1 is 1.10 bits per heavy atom. The zero-order valence-corrected chi connectivity index (χ0v) is 18.2. The molecule has 3 fully saturated rings. The molecule has 1 amide bonds. The maximum atomic E-state index is 13.1. The molecule has 5 atom stereocenters. The zero-order chi connectivity index (χ0) is 21.4. The van der Waals surface area contributed by atoms with Gasteiger partial charge in [0, 0.05) is 30.5 Å². The Labute approximate surface area is 184 Å². The number of amides is 1. The van der Waals surface area contributed by atoms with Gasteiger partial charge in [0.15, 0.2) is 0 Å². The molecular weight excluding hydrogens is 388 g/mol. The summed E-state index contributed by atoms with van der Waals surface area (Å²) in [7, 11) is 1.68. The first-order chi connectivity index (χ1) is 15.1. The van der Waals surface area contributed by atoms with Crippen LogP contribution in [0.15, 0.2) is 54.6 Å². The minimum Gasteiger partial charge on any atom is -0.497 e. The molecule has 2 N–H and O–H groups in total. The molecule has 5 unspecified atom stereocenters. The van der Waals surface area contributed by atoms with Crippen molar-refractivity contribution in [3.63, 3.8) is 0 Å². The molecule has 3 aliphatic rings. The molecule has 164 valence electrons.